The van der Waals surface area contributed by atoms with Gasteiger partial charge in [-0.05, 0) is 55.5 Å². The Morgan fingerprint density at radius 3 is 2.58 bits per heavy atom. The van der Waals surface area contributed by atoms with E-state index in [0.717, 1.165) is 31.2 Å². The number of methoxy groups -OCH3 is 1. The molecular weight excluding hydrogens is 238 g/mol. The van der Waals surface area contributed by atoms with Gasteiger partial charge in [0.25, 0.3) is 0 Å². The van der Waals surface area contributed by atoms with E-state index < -0.39 is 0 Å². The Hall–Kier alpha value is -1.22. The minimum absolute atomic E-state index is 0.522. The molecule has 106 valence electrons. The largest absolute Gasteiger partial charge is 0.493 e. The van der Waals surface area contributed by atoms with Crippen LogP contribution in [0.3, 0.4) is 0 Å². The summed E-state index contributed by atoms with van der Waals surface area (Å²) in [5, 5.41) is 3.40. The van der Waals surface area contributed by atoms with Crippen LogP contribution in [0.1, 0.15) is 38.2 Å². The van der Waals surface area contributed by atoms with Crippen molar-refractivity contribution in [3.8, 4) is 11.5 Å². The third-order valence-electron chi connectivity index (χ3n) is 3.57. The average Bonchev–Trinajstić information content (AvgIpc) is 2.45. The van der Waals surface area contributed by atoms with E-state index in [1.54, 1.807) is 7.11 Å². The van der Waals surface area contributed by atoms with Gasteiger partial charge in [-0.15, -0.1) is 0 Å². The van der Waals surface area contributed by atoms with Crippen molar-refractivity contribution in [3.05, 3.63) is 23.8 Å². The molecule has 3 heteroatoms. The topological polar surface area (TPSA) is 30.5 Å². The van der Waals surface area contributed by atoms with Crippen LogP contribution < -0.4 is 14.8 Å². The number of benzene rings is 1. The van der Waals surface area contributed by atoms with Crippen LogP contribution in [0.4, 0.5) is 0 Å². The first kappa shape index (κ1) is 14.2. The van der Waals surface area contributed by atoms with Gasteiger partial charge < -0.3 is 14.8 Å². The van der Waals surface area contributed by atoms with Gasteiger partial charge in [-0.1, -0.05) is 19.9 Å². The molecule has 1 saturated heterocycles. The van der Waals surface area contributed by atoms with Crippen molar-refractivity contribution in [2.75, 3.05) is 26.8 Å². The standard InChI is InChI=1S/C16H25NO2/c1-12(2)11-19-15-5-4-14(10-16(15)18-3)13-6-8-17-9-7-13/h4-5,10,12-13,17H,6-9,11H2,1-3H3. The molecule has 0 saturated carbocycles. The zero-order valence-electron chi connectivity index (χ0n) is 12.2. The summed E-state index contributed by atoms with van der Waals surface area (Å²) in [4.78, 5) is 0. The lowest BCUT2D eigenvalue weighted by Gasteiger charge is -2.24. The number of rotatable bonds is 5. The number of hydrogen-bond acceptors (Lipinski definition) is 3. The van der Waals surface area contributed by atoms with Crippen molar-refractivity contribution in [1.82, 2.24) is 5.32 Å². The minimum Gasteiger partial charge on any atom is -0.493 e. The maximum atomic E-state index is 5.79. The molecule has 2 rings (SSSR count). The van der Waals surface area contributed by atoms with Gasteiger partial charge in [-0.25, -0.2) is 0 Å². The van der Waals surface area contributed by atoms with E-state index in [-0.39, 0.29) is 0 Å². The molecule has 1 aliphatic rings. The molecular formula is C16H25NO2. The number of ether oxygens (including phenoxy) is 2. The summed E-state index contributed by atoms with van der Waals surface area (Å²) in [5.41, 5.74) is 1.37. The zero-order valence-corrected chi connectivity index (χ0v) is 12.2. The maximum absolute atomic E-state index is 5.79. The minimum atomic E-state index is 0.522. The summed E-state index contributed by atoms with van der Waals surface area (Å²) in [6.45, 7) is 7.24. The third-order valence-corrected chi connectivity index (χ3v) is 3.57. The molecule has 0 aromatic heterocycles. The fraction of sp³-hybridized carbons (Fsp3) is 0.625. The second-order valence-corrected chi connectivity index (χ2v) is 5.64. The predicted octanol–water partition coefficient (Wildman–Crippen LogP) is 3.20. The highest BCUT2D eigenvalue weighted by atomic mass is 16.5. The van der Waals surface area contributed by atoms with Crippen molar-refractivity contribution < 1.29 is 9.47 Å². The van der Waals surface area contributed by atoms with E-state index in [9.17, 15) is 0 Å². The van der Waals surface area contributed by atoms with Crippen molar-refractivity contribution >= 4 is 0 Å². The van der Waals surface area contributed by atoms with Gasteiger partial charge in [0.15, 0.2) is 11.5 Å². The lowest BCUT2D eigenvalue weighted by molar-refractivity contribution is 0.256. The molecule has 19 heavy (non-hydrogen) atoms. The fourth-order valence-electron chi connectivity index (χ4n) is 2.47. The van der Waals surface area contributed by atoms with Crippen LogP contribution in [-0.2, 0) is 0 Å². The van der Waals surface area contributed by atoms with Gasteiger partial charge >= 0.3 is 0 Å². The monoisotopic (exact) mass is 263 g/mol. The summed E-state index contributed by atoms with van der Waals surface area (Å²) >= 11 is 0. The SMILES string of the molecule is COc1cc(C2CCNCC2)ccc1OCC(C)C. The van der Waals surface area contributed by atoms with Gasteiger partial charge in [0, 0.05) is 0 Å². The first-order chi connectivity index (χ1) is 9.20. The van der Waals surface area contributed by atoms with Crippen LogP contribution in [0, 0.1) is 5.92 Å². The number of nitrogens with one attached hydrogen (secondary N) is 1. The number of piperidine rings is 1. The zero-order chi connectivity index (χ0) is 13.7. The van der Waals surface area contributed by atoms with Crippen LogP contribution in [0.15, 0.2) is 18.2 Å². The van der Waals surface area contributed by atoms with E-state index in [1.165, 1.54) is 18.4 Å². The van der Waals surface area contributed by atoms with Crippen LogP contribution >= 0.6 is 0 Å². The van der Waals surface area contributed by atoms with Crippen LogP contribution in [0.5, 0.6) is 11.5 Å². The lowest BCUT2D eigenvalue weighted by Crippen LogP contribution is -2.26. The molecule has 0 unspecified atom stereocenters. The molecule has 0 radical (unpaired) electrons. The summed E-state index contributed by atoms with van der Waals surface area (Å²) in [6, 6.07) is 6.39. The molecule has 0 amide bonds. The van der Waals surface area contributed by atoms with Gasteiger partial charge in [0.05, 0.1) is 13.7 Å². The highest BCUT2D eigenvalue weighted by Gasteiger charge is 2.17. The molecule has 1 fully saturated rings. The van der Waals surface area contributed by atoms with E-state index in [1.807, 2.05) is 0 Å². The normalized spacial score (nSPS) is 16.6. The fourth-order valence-corrected chi connectivity index (χ4v) is 2.47. The first-order valence-electron chi connectivity index (χ1n) is 7.22. The number of hydrogen-bond donors (Lipinski definition) is 1. The summed E-state index contributed by atoms with van der Waals surface area (Å²) in [5.74, 6) is 2.88. The van der Waals surface area contributed by atoms with Crippen LogP contribution in [0.25, 0.3) is 0 Å². The Morgan fingerprint density at radius 2 is 1.95 bits per heavy atom. The van der Waals surface area contributed by atoms with Gasteiger partial charge in [-0.2, -0.15) is 0 Å². The van der Waals surface area contributed by atoms with Crippen molar-refractivity contribution in [2.45, 2.75) is 32.6 Å². The quantitative estimate of drug-likeness (QED) is 0.885. The summed E-state index contributed by atoms with van der Waals surface area (Å²) in [7, 11) is 1.71. The first-order valence-corrected chi connectivity index (χ1v) is 7.22. The third kappa shape index (κ3) is 3.87. The molecule has 1 heterocycles. The molecule has 1 aromatic rings. The maximum Gasteiger partial charge on any atom is 0.161 e. The molecule has 1 aliphatic heterocycles. The highest BCUT2D eigenvalue weighted by molar-refractivity contribution is 5.44. The second-order valence-electron chi connectivity index (χ2n) is 5.64. The lowest BCUT2D eigenvalue weighted by atomic mass is 9.90. The smallest absolute Gasteiger partial charge is 0.161 e. The summed E-state index contributed by atoms with van der Waals surface area (Å²) in [6.07, 6.45) is 2.41. The van der Waals surface area contributed by atoms with E-state index in [0.29, 0.717) is 11.8 Å². The van der Waals surface area contributed by atoms with E-state index in [2.05, 4.69) is 37.4 Å². The van der Waals surface area contributed by atoms with Crippen molar-refractivity contribution in [2.24, 2.45) is 5.92 Å². The molecule has 0 spiro atoms. The average molecular weight is 263 g/mol. The van der Waals surface area contributed by atoms with Gasteiger partial charge in [0.2, 0.25) is 0 Å². The molecule has 0 aliphatic carbocycles. The van der Waals surface area contributed by atoms with Crippen molar-refractivity contribution in [1.29, 1.82) is 0 Å². The van der Waals surface area contributed by atoms with Crippen LogP contribution in [-0.4, -0.2) is 26.8 Å². The van der Waals surface area contributed by atoms with Crippen LogP contribution in [0.2, 0.25) is 0 Å². The second kappa shape index (κ2) is 6.80. The molecule has 1 aromatic carbocycles. The Labute approximate surface area is 116 Å². The molecule has 1 N–H and O–H groups in total. The Morgan fingerprint density at radius 1 is 1.21 bits per heavy atom. The van der Waals surface area contributed by atoms with E-state index >= 15 is 0 Å². The molecule has 0 bridgehead atoms. The van der Waals surface area contributed by atoms with Gasteiger partial charge in [0.1, 0.15) is 0 Å². The molecule has 0 atom stereocenters. The Bertz CT molecular complexity index is 398. The highest BCUT2D eigenvalue weighted by Crippen LogP contribution is 2.34. The van der Waals surface area contributed by atoms with E-state index in [4.69, 9.17) is 9.47 Å². The van der Waals surface area contributed by atoms with Gasteiger partial charge in [-0.3, -0.25) is 0 Å². The predicted molar refractivity (Wildman–Crippen MR) is 78.2 cm³/mol. The Kier molecular flexibility index (Phi) is 5.08. The Balaban J connectivity index is 2.10. The summed E-state index contributed by atoms with van der Waals surface area (Å²) < 4.78 is 11.3. The molecule has 3 nitrogen and oxygen atoms in total. The van der Waals surface area contributed by atoms with Crippen molar-refractivity contribution in [3.63, 3.8) is 0 Å².